The first kappa shape index (κ1) is 9.09. The number of rotatable bonds is 1. The summed E-state index contributed by atoms with van der Waals surface area (Å²) in [7, 11) is 0. The highest BCUT2D eigenvalue weighted by Crippen LogP contribution is 2.35. The maximum absolute atomic E-state index is 5.98. The van der Waals surface area contributed by atoms with E-state index in [0.717, 1.165) is 36.6 Å². The molecular formula is C11H16N4. The number of hydrogen-bond donors (Lipinski definition) is 2. The van der Waals surface area contributed by atoms with Crippen molar-refractivity contribution >= 4 is 5.82 Å². The lowest BCUT2D eigenvalue weighted by atomic mass is 9.84. The van der Waals surface area contributed by atoms with Crippen LogP contribution in [0.25, 0.3) is 0 Å². The van der Waals surface area contributed by atoms with E-state index >= 15 is 0 Å². The van der Waals surface area contributed by atoms with Crippen molar-refractivity contribution in [1.82, 2.24) is 15.3 Å². The lowest BCUT2D eigenvalue weighted by Crippen LogP contribution is -2.27. The summed E-state index contributed by atoms with van der Waals surface area (Å²) in [6.07, 6.45) is 4.73. The highest BCUT2D eigenvalue weighted by Gasteiger charge is 2.25. The van der Waals surface area contributed by atoms with E-state index in [1.54, 1.807) is 0 Å². The normalized spacial score (nSPS) is 20.8. The van der Waals surface area contributed by atoms with Gasteiger partial charge >= 0.3 is 0 Å². The number of fused-ring (bicyclic) bond motifs is 1. The van der Waals surface area contributed by atoms with Crippen LogP contribution >= 0.6 is 0 Å². The highest BCUT2D eigenvalue weighted by atomic mass is 15.0. The van der Waals surface area contributed by atoms with Crippen molar-refractivity contribution in [3.8, 4) is 0 Å². The molecule has 1 aromatic rings. The Morgan fingerprint density at radius 3 is 2.87 bits per heavy atom. The van der Waals surface area contributed by atoms with Gasteiger partial charge in [-0.2, -0.15) is 0 Å². The third kappa shape index (κ3) is 1.49. The first-order chi connectivity index (χ1) is 7.34. The first-order valence-corrected chi connectivity index (χ1v) is 5.70. The summed E-state index contributed by atoms with van der Waals surface area (Å²) < 4.78 is 0. The monoisotopic (exact) mass is 204 g/mol. The van der Waals surface area contributed by atoms with Gasteiger partial charge in [0.2, 0.25) is 0 Å². The summed E-state index contributed by atoms with van der Waals surface area (Å²) >= 11 is 0. The molecule has 0 radical (unpaired) electrons. The molecule has 0 unspecified atom stereocenters. The Bertz CT molecular complexity index is 384. The van der Waals surface area contributed by atoms with Gasteiger partial charge in [0.1, 0.15) is 11.6 Å². The summed E-state index contributed by atoms with van der Waals surface area (Å²) in [5.41, 5.74) is 8.26. The largest absolute Gasteiger partial charge is 0.383 e. The third-order valence-corrected chi connectivity index (χ3v) is 3.46. The van der Waals surface area contributed by atoms with E-state index in [9.17, 15) is 0 Å². The van der Waals surface area contributed by atoms with Gasteiger partial charge in [-0.25, -0.2) is 9.97 Å². The van der Waals surface area contributed by atoms with Crippen LogP contribution in [0.4, 0.5) is 5.82 Å². The second-order valence-corrected chi connectivity index (χ2v) is 4.45. The molecule has 2 heterocycles. The van der Waals surface area contributed by atoms with Crippen LogP contribution < -0.4 is 11.1 Å². The smallest absolute Gasteiger partial charge is 0.134 e. The second kappa shape index (κ2) is 3.45. The standard InChI is InChI=1S/C11H16N4/c12-10-8-4-5-13-6-9(8)14-11(15-10)7-2-1-3-7/h7,13H,1-6H2,(H2,12,14,15). The maximum Gasteiger partial charge on any atom is 0.134 e. The zero-order chi connectivity index (χ0) is 10.3. The van der Waals surface area contributed by atoms with E-state index in [1.807, 2.05) is 0 Å². The van der Waals surface area contributed by atoms with Gasteiger partial charge in [-0.3, -0.25) is 0 Å². The third-order valence-electron chi connectivity index (χ3n) is 3.46. The lowest BCUT2D eigenvalue weighted by Gasteiger charge is -2.26. The SMILES string of the molecule is Nc1nc(C2CCC2)nc2c1CCNC2. The Morgan fingerprint density at radius 1 is 1.27 bits per heavy atom. The van der Waals surface area contributed by atoms with Gasteiger partial charge in [-0.15, -0.1) is 0 Å². The van der Waals surface area contributed by atoms with Crippen molar-refractivity contribution in [2.24, 2.45) is 0 Å². The number of anilines is 1. The molecule has 80 valence electrons. The minimum Gasteiger partial charge on any atom is -0.383 e. The molecule has 0 saturated heterocycles. The van der Waals surface area contributed by atoms with E-state index in [0.29, 0.717) is 11.7 Å². The Kier molecular flexibility index (Phi) is 2.09. The number of nitrogens with zero attached hydrogens (tertiary/aromatic N) is 2. The molecule has 1 fully saturated rings. The Hall–Kier alpha value is -1.16. The van der Waals surface area contributed by atoms with Gasteiger partial charge < -0.3 is 11.1 Å². The van der Waals surface area contributed by atoms with Crippen LogP contribution in [0.3, 0.4) is 0 Å². The van der Waals surface area contributed by atoms with E-state index in [4.69, 9.17) is 5.73 Å². The summed E-state index contributed by atoms with van der Waals surface area (Å²) in [5.74, 6) is 2.25. The number of nitrogen functional groups attached to an aromatic ring is 1. The molecule has 0 amide bonds. The van der Waals surface area contributed by atoms with Crippen LogP contribution in [0.2, 0.25) is 0 Å². The van der Waals surface area contributed by atoms with Crippen molar-refractivity contribution in [2.75, 3.05) is 12.3 Å². The maximum atomic E-state index is 5.98. The van der Waals surface area contributed by atoms with Gasteiger partial charge in [-0.1, -0.05) is 6.42 Å². The predicted octanol–water partition coefficient (Wildman–Crippen LogP) is 0.972. The molecular weight excluding hydrogens is 188 g/mol. The van der Waals surface area contributed by atoms with E-state index in [-0.39, 0.29) is 0 Å². The fraction of sp³-hybridized carbons (Fsp3) is 0.636. The zero-order valence-electron chi connectivity index (χ0n) is 8.79. The fourth-order valence-electron chi connectivity index (χ4n) is 2.26. The summed E-state index contributed by atoms with van der Waals surface area (Å²) in [6.45, 7) is 1.84. The molecule has 0 atom stereocenters. The van der Waals surface area contributed by atoms with Gasteiger partial charge in [0, 0.05) is 18.0 Å². The molecule has 0 spiro atoms. The molecule has 1 aliphatic heterocycles. The summed E-state index contributed by atoms with van der Waals surface area (Å²) in [4.78, 5) is 9.09. The molecule has 1 aliphatic carbocycles. The minimum absolute atomic E-state index is 0.569. The molecule has 2 aliphatic rings. The summed E-state index contributed by atoms with van der Waals surface area (Å²) in [6, 6.07) is 0. The van der Waals surface area contributed by atoms with Crippen LogP contribution in [0, 0.1) is 0 Å². The van der Waals surface area contributed by atoms with Gasteiger partial charge in [0.25, 0.3) is 0 Å². The topological polar surface area (TPSA) is 63.8 Å². The molecule has 3 rings (SSSR count). The van der Waals surface area contributed by atoms with Gasteiger partial charge in [0.05, 0.1) is 5.69 Å². The molecule has 1 aromatic heterocycles. The average Bonchev–Trinajstić information content (AvgIpc) is 2.15. The van der Waals surface area contributed by atoms with E-state index in [1.165, 1.54) is 19.3 Å². The zero-order valence-corrected chi connectivity index (χ0v) is 8.79. The van der Waals surface area contributed by atoms with E-state index < -0.39 is 0 Å². The molecule has 3 N–H and O–H groups in total. The number of hydrogen-bond acceptors (Lipinski definition) is 4. The fourth-order valence-corrected chi connectivity index (χ4v) is 2.26. The van der Waals surface area contributed by atoms with E-state index in [2.05, 4.69) is 15.3 Å². The van der Waals surface area contributed by atoms with Crippen LogP contribution in [0.5, 0.6) is 0 Å². The molecule has 15 heavy (non-hydrogen) atoms. The lowest BCUT2D eigenvalue weighted by molar-refractivity contribution is 0.399. The summed E-state index contributed by atoms with van der Waals surface area (Å²) in [5, 5.41) is 3.32. The predicted molar refractivity (Wildman–Crippen MR) is 58.4 cm³/mol. The van der Waals surface area contributed by atoms with Crippen molar-refractivity contribution in [3.05, 3.63) is 17.1 Å². The van der Waals surface area contributed by atoms with Crippen molar-refractivity contribution in [2.45, 2.75) is 38.1 Å². The Labute approximate surface area is 89.3 Å². The molecule has 1 saturated carbocycles. The highest BCUT2D eigenvalue weighted by molar-refractivity contribution is 5.44. The van der Waals surface area contributed by atoms with Crippen molar-refractivity contribution in [1.29, 1.82) is 0 Å². The number of nitrogens with one attached hydrogen (secondary N) is 1. The average molecular weight is 204 g/mol. The first-order valence-electron chi connectivity index (χ1n) is 5.70. The van der Waals surface area contributed by atoms with Crippen LogP contribution in [0.15, 0.2) is 0 Å². The van der Waals surface area contributed by atoms with Crippen LogP contribution in [0.1, 0.15) is 42.3 Å². The van der Waals surface area contributed by atoms with Gasteiger partial charge in [-0.05, 0) is 25.8 Å². The Balaban J connectivity index is 2.00. The number of aromatic nitrogens is 2. The molecule has 0 aromatic carbocycles. The van der Waals surface area contributed by atoms with Gasteiger partial charge in [0.15, 0.2) is 0 Å². The molecule has 0 bridgehead atoms. The van der Waals surface area contributed by atoms with Crippen LogP contribution in [-0.2, 0) is 13.0 Å². The van der Waals surface area contributed by atoms with Crippen LogP contribution in [-0.4, -0.2) is 16.5 Å². The minimum atomic E-state index is 0.569. The quantitative estimate of drug-likeness (QED) is 0.715. The van der Waals surface area contributed by atoms with Crippen molar-refractivity contribution in [3.63, 3.8) is 0 Å². The Morgan fingerprint density at radius 2 is 2.13 bits per heavy atom. The van der Waals surface area contributed by atoms with Crippen molar-refractivity contribution < 1.29 is 0 Å². The molecule has 4 heteroatoms. The molecule has 4 nitrogen and oxygen atoms in total. The second-order valence-electron chi connectivity index (χ2n) is 4.45. The number of nitrogens with two attached hydrogens (primary N) is 1.